The Bertz CT molecular complexity index is 870. The van der Waals surface area contributed by atoms with E-state index >= 15 is 0 Å². The molecule has 1 aromatic carbocycles. The van der Waals surface area contributed by atoms with Gasteiger partial charge in [-0.1, -0.05) is 52.5 Å². The molecule has 0 bridgehead atoms. The monoisotopic (exact) mass is 415 g/mol. The van der Waals surface area contributed by atoms with Gasteiger partial charge in [-0.15, -0.1) is 0 Å². The average Bonchev–Trinajstić information content (AvgIpc) is 3.13. The Balaban J connectivity index is 2.00. The number of alkyl carbamates (subject to hydrolysis) is 1. The third-order valence-electron chi connectivity index (χ3n) is 4.68. The van der Waals surface area contributed by atoms with E-state index in [0.29, 0.717) is 5.58 Å². The van der Waals surface area contributed by atoms with Crippen LogP contribution in [0.3, 0.4) is 0 Å². The third kappa shape index (κ3) is 6.10. The van der Waals surface area contributed by atoms with E-state index in [9.17, 15) is 14.4 Å². The van der Waals surface area contributed by atoms with Gasteiger partial charge >= 0.3 is 6.09 Å². The van der Waals surface area contributed by atoms with Gasteiger partial charge in [0.15, 0.2) is 5.76 Å². The minimum atomic E-state index is -0.787. The molecule has 3 N–H and O–H groups in total. The fraction of sp³-hybridized carbons (Fsp3) is 0.409. The van der Waals surface area contributed by atoms with Crippen molar-refractivity contribution in [1.29, 1.82) is 0 Å². The van der Waals surface area contributed by atoms with Gasteiger partial charge in [-0.2, -0.15) is 0 Å². The van der Waals surface area contributed by atoms with Crippen LogP contribution in [0.25, 0.3) is 11.0 Å². The average molecular weight is 415 g/mol. The van der Waals surface area contributed by atoms with Crippen molar-refractivity contribution in [2.75, 3.05) is 6.54 Å². The standard InChI is InChI=1S/C22H29N3O5/c1-6-29-22(28)25-19(14(4)5)21(27)24-16(13(2)3)12-23-20(26)18-11-15-9-7-8-10-17(15)30-18/h6-11,13-14,16,19H,1,12H2,2-5H3,(H,23,26)(H,24,27)(H,25,28)/t16-,19?/m1/s1. The van der Waals surface area contributed by atoms with Crippen LogP contribution in [0.4, 0.5) is 4.79 Å². The predicted molar refractivity (Wildman–Crippen MR) is 114 cm³/mol. The second-order valence-electron chi connectivity index (χ2n) is 7.66. The lowest BCUT2D eigenvalue weighted by Gasteiger charge is -2.27. The minimum Gasteiger partial charge on any atom is -0.451 e. The number of fused-ring (bicyclic) bond motifs is 1. The molecule has 0 spiro atoms. The minimum absolute atomic E-state index is 0.0397. The molecule has 0 fully saturated rings. The van der Waals surface area contributed by atoms with Crippen LogP contribution in [0.5, 0.6) is 0 Å². The SMILES string of the molecule is C=COC(=O)NC(C(=O)N[C@H](CNC(=O)c1cc2ccccc2o1)C(C)C)C(C)C. The molecule has 30 heavy (non-hydrogen) atoms. The van der Waals surface area contributed by atoms with Gasteiger partial charge in [0.2, 0.25) is 5.91 Å². The van der Waals surface area contributed by atoms with E-state index in [1.807, 2.05) is 45.9 Å². The number of carbonyl (C=O) groups excluding carboxylic acids is 3. The van der Waals surface area contributed by atoms with Crippen LogP contribution >= 0.6 is 0 Å². The smallest absolute Gasteiger partial charge is 0.412 e. The van der Waals surface area contributed by atoms with E-state index in [4.69, 9.17) is 4.42 Å². The molecule has 0 saturated carbocycles. The van der Waals surface area contributed by atoms with Crippen LogP contribution in [0.15, 0.2) is 47.6 Å². The number of furan rings is 1. The lowest BCUT2D eigenvalue weighted by molar-refractivity contribution is -0.125. The first kappa shape index (κ1) is 23.0. The van der Waals surface area contributed by atoms with Gasteiger partial charge in [0, 0.05) is 18.0 Å². The summed E-state index contributed by atoms with van der Waals surface area (Å²) in [5.74, 6) is -0.640. The number of nitrogens with one attached hydrogen (secondary N) is 3. The number of carbonyl (C=O) groups is 3. The van der Waals surface area contributed by atoms with E-state index in [2.05, 4.69) is 27.3 Å². The molecule has 0 aliphatic carbocycles. The molecule has 0 aliphatic rings. The number of benzene rings is 1. The zero-order chi connectivity index (χ0) is 22.3. The number of amides is 3. The molecule has 162 valence electrons. The Morgan fingerprint density at radius 2 is 1.80 bits per heavy atom. The molecule has 1 unspecified atom stereocenters. The Morgan fingerprint density at radius 3 is 2.40 bits per heavy atom. The van der Waals surface area contributed by atoms with Crippen molar-refractivity contribution >= 4 is 28.9 Å². The molecular formula is C22H29N3O5. The molecule has 3 amide bonds. The van der Waals surface area contributed by atoms with Crippen LogP contribution in [0.1, 0.15) is 38.2 Å². The molecule has 1 heterocycles. The number of hydrogen-bond acceptors (Lipinski definition) is 5. The van der Waals surface area contributed by atoms with Crippen molar-refractivity contribution in [3.8, 4) is 0 Å². The summed E-state index contributed by atoms with van der Waals surface area (Å²) < 4.78 is 10.2. The summed E-state index contributed by atoms with van der Waals surface area (Å²) in [5, 5.41) is 9.06. The largest absolute Gasteiger partial charge is 0.451 e. The summed E-state index contributed by atoms with van der Waals surface area (Å²) in [7, 11) is 0. The zero-order valence-corrected chi connectivity index (χ0v) is 17.7. The fourth-order valence-corrected chi connectivity index (χ4v) is 2.88. The number of ether oxygens (including phenoxy) is 1. The fourth-order valence-electron chi connectivity index (χ4n) is 2.88. The van der Waals surface area contributed by atoms with Crippen LogP contribution in [-0.2, 0) is 9.53 Å². The van der Waals surface area contributed by atoms with Crippen molar-refractivity contribution in [3.63, 3.8) is 0 Å². The highest BCUT2D eigenvalue weighted by atomic mass is 16.5. The predicted octanol–water partition coefficient (Wildman–Crippen LogP) is 3.20. The second-order valence-corrected chi connectivity index (χ2v) is 7.66. The van der Waals surface area contributed by atoms with Crippen molar-refractivity contribution in [2.45, 2.75) is 39.8 Å². The first-order valence-electron chi connectivity index (χ1n) is 9.88. The van der Waals surface area contributed by atoms with E-state index in [1.54, 1.807) is 12.1 Å². The van der Waals surface area contributed by atoms with E-state index in [0.717, 1.165) is 11.6 Å². The van der Waals surface area contributed by atoms with Gasteiger partial charge in [0.1, 0.15) is 11.6 Å². The molecule has 2 atom stereocenters. The molecule has 2 rings (SSSR count). The Morgan fingerprint density at radius 1 is 1.10 bits per heavy atom. The number of hydrogen-bond donors (Lipinski definition) is 3. The maximum atomic E-state index is 12.7. The van der Waals surface area contributed by atoms with Crippen LogP contribution in [0.2, 0.25) is 0 Å². The lowest BCUT2D eigenvalue weighted by atomic mass is 10.0. The first-order chi connectivity index (χ1) is 14.2. The van der Waals surface area contributed by atoms with Gasteiger partial charge in [-0.25, -0.2) is 4.79 Å². The van der Waals surface area contributed by atoms with E-state index < -0.39 is 12.1 Å². The van der Waals surface area contributed by atoms with Crippen molar-refractivity contribution in [3.05, 3.63) is 48.9 Å². The second kappa shape index (κ2) is 10.5. The highest BCUT2D eigenvalue weighted by molar-refractivity contribution is 5.96. The molecule has 8 heteroatoms. The molecule has 1 aromatic heterocycles. The quantitative estimate of drug-likeness (QED) is 0.545. The molecule has 0 radical (unpaired) electrons. The first-order valence-corrected chi connectivity index (χ1v) is 9.88. The Kier molecular flexibility index (Phi) is 8.03. The summed E-state index contributed by atoms with van der Waals surface area (Å²) >= 11 is 0. The normalized spacial score (nSPS) is 13.0. The summed E-state index contributed by atoms with van der Waals surface area (Å²) in [4.78, 5) is 36.9. The summed E-state index contributed by atoms with van der Waals surface area (Å²) in [6.45, 7) is 11.0. The van der Waals surface area contributed by atoms with Crippen LogP contribution < -0.4 is 16.0 Å². The summed E-state index contributed by atoms with van der Waals surface area (Å²) in [6, 6.07) is 7.91. The number of rotatable bonds is 9. The molecule has 2 aromatic rings. The Hall–Kier alpha value is -3.29. The molecule has 0 aliphatic heterocycles. The van der Waals surface area contributed by atoms with Gasteiger partial charge in [0.05, 0.1) is 6.26 Å². The van der Waals surface area contributed by atoms with Gasteiger partial charge in [-0.05, 0) is 24.0 Å². The zero-order valence-electron chi connectivity index (χ0n) is 17.7. The summed E-state index contributed by atoms with van der Waals surface area (Å²) in [6.07, 6.45) is 0.243. The van der Waals surface area contributed by atoms with Crippen LogP contribution in [-0.4, -0.2) is 36.5 Å². The summed E-state index contributed by atoms with van der Waals surface area (Å²) in [5.41, 5.74) is 0.633. The molecule has 0 saturated heterocycles. The third-order valence-corrected chi connectivity index (χ3v) is 4.68. The van der Waals surface area contributed by atoms with Gasteiger partial charge in [0.25, 0.3) is 5.91 Å². The van der Waals surface area contributed by atoms with Crippen LogP contribution in [0, 0.1) is 11.8 Å². The Labute approximate surface area is 176 Å². The van der Waals surface area contributed by atoms with Crippen molar-refractivity contribution in [2.24, 2.45) is 11.8 Å². The van der Waals surface area contributed by atoms with E-state index in [1.165, 1.54) is 0 Å². The van der Waals surface area contributed by atoms with Gasteiger partial charge < -0.3 is 25.1 Å². The highest BCUT2D eigenvalue weighted by Gasteiger charge is 2.28. The van der Waals surface area contributed by atoms with Crippen molar-refractivity contribution < 1.29 is 23.5 Å². The van der Waals surface area contributed by atoms with Gasteiger partial charge in [-0.3, -0.25) is 9.59 Å². The topological polar surface area (TPSA) is 110 Å². The number of para-hydroxylation sites is 1. The highest BCUT2D eigenvalue weighted by Crippen LogP contribution is 2.18. The molecular weight excluding hydrogens is 386 g/mol. The van der Waals surface area contributed by atoms with Crippen molar-refractivity contribution in [1.82, 2.24) is 16.0 Å². The van der Waals surface area contributed by atoms with E-state index in [-0.39, 0.29) is 42.0 Å². The maximum absolute atomic E-state index is 12.7. The molecule has 8 nitrogen and oxygen atoms in total. The maximum Gasteiger partial charge on any atom is 0.412 e. The lowest BCUT2D eigenvalue weighted by Crippen LogP contribution is -2.55.